The second-order valence-electron chi connectivity index (χ2n) is 6.49. The third-order valence-electron chi connectivity index (χ3n) is 4.67. The number of hydrogen-bond acceptors (Lipinski definition) is 6. The molecule has 11 heteroatoms. The Morgan fingerprint density at radius 2 is 1.79 bits per heavy atom. The summed E-state index contributed by atoms with van der Waals surface area (Å²) in [6.07, 6.45) is 2.84. The summed E-state index contributed by atoms with van der Waals surface area (Å²) in [4.78, 5) is 18.2. The van der Waals surface area contributed by atoms with Crippen LogP contribution in [0.4, 0.5) is 10.5 Å². The van der Waals surface area contributed by atoms with Crippen LogP contribution in [-0.4, -0.2) is 68.0 Å². The average Bonchev–Trinajstić information content (AvgIpc) is 2.75. The van der Waals surface area contributed by atoms with Crippen LogP contribution in [0.15, 0.2) is 41.6 Å². The van der Waals surface area contributed by atoms with E-state index in [1.807, 2.05) is 0 Å². The summed E-state index contributed by atoms with van der Waals surface area (Å²) in [5, 5.41) is 3.09. The fourth-order valence-electron chi connectivity index (χ4n) is 3.13. The van der Waals surface area contributed by atoms with Crippen molar-refractivity contribution < 1.29 is 22.7 Å². The van der Waals surface area contributed by atoms with E-state index in [0.717, 1.165) is 0 Å². The molecule has 2 aliphatic rings. The van der Waals surface area contributed by atoms with Gasteiger partial charge in [0.2, 0.25) is 10.0 Å². The van der Waals surface area contributed by atoms with E-state index in [0.29, 0.717) is 35.4 Å². The van der Waals surface area contributed by atoms with Crippen LogP contribution in [0.5, 0.6) is 11.5 Å². The fraction of sp³-hybridized carbons (Fsp3) is 0.333. The third-order valence-corrected chi connectivity index (χ3v) is 6.87. The number of nitrogens with zero attached hydrogens (tertiary/aromatic N) is 3. The molecule has 2 aromatic rings. The Balaban J connectivity index is 1.40. The highest BCUT2D eigenvalue weighted by atomic mass is 35.5. The van der Waals surface area contributed by atoms with Gasteiger partial charge in [0.1, 0.15) is 18.1 Å². The number of benzene rings is 1. The van der Waals surface area contributed by atoms with Crippen LogP contribution in [0.1, 0.15) is 0 Å². The lowest BCUT2D eigenvalue weighted by Gasteiger charge is -2.34. The molecule has 4 rings (SSSR count). The third kappa shape index (κ3) is 4.09. The molecule has 1 N–H and O–H groups in total. The number of piperazine rings is 1. The lowest BCUT2D eigenvalue weighted by Crippen LogP contribution is -2.51. The van der Waals surface area contributed by atoms with Gasteiger partial charge in [-0.3, -0.25) is 4.98 Å². The Hall–Kier alpha value is -2.56. The van der Waals surface area contributed by atoms with Gasteiger partial charge in [-0.25, -0.2) is 13.2 Å². The first-order valence-electron chi connectivity index (χ1n) is 9.00. The van der Waals surface area contributed by atoms with Crippen LogP contribution in [0, 0.1) is 0 Å². The maximum atomic E-state index is 12.7. The van der Waals surface area contributed by atoms with Gasteiger partial charge in [0.15, 0.2) is 11.5 Å². The van der Waals surface area contributed by atoms with Gasteiger partial charge in [-0.1, -0.05) is 11.6 Å². The lowest BCUT2D eigenvalue weighted by atomic mass is 10.2. The number of anilines is 1. The van der Waals surface area contributed by atoms with Crippen LogP contribution in [0.25, 0.3) is 0 Å². The summed E-state index contributed by atoms with van der Waals surface area (Å²) in [5.41, 5.74) is 0.409. The molecule has 29 heavy (non-hydrogen) atoms. The number of urea groups is 1. The second-order valence-corrected chi connectivity index (χ2v) is 8.83. The number of hydrogen-bond donors (Lipinski definition) is 1. The van der Waals surface area contributed by atoms with E-state index in [-0.39, 0.29) is 37.1 Å². The normalized spacial score (nSPS) is 17.1. The number of ether oxygens (including phenoxy) is 2. The zero-order chi connectivity index (χ0) is 20.4. The van der Waals surface area contributed by atoms with Crippen molar-refractivity contribution in [1.82, 2.24) is 14.2 Å². The van der Waals surface area contributed by atoms with E-state index < -0.39 is 10.0 Å². The highest BCUT2D eigenvalue weighted by Crippen LogP contribution is 2.38. The number of fused-ring (bicyclic) bond motifs is 1. The molecule has 0 radical (unpaired) electrons. The fourth-order valence-corrected chi connectivity index (χ4v) is 4.72. The molecule has 9 nitrogen and oxygen atoms in total. The first kappa shape index (κ1) is 19.7. The predicted octanol–water partition coefficient (Wildman–Crippen LogP) is 2.04. The van der Waals surface area contributed by atoms with E-state index in [1.165, 1.54) is 22.8 Å². The summed E-state index contributed by atoms with van der Waals surface area (Å²) >= 11 is 6.23. The molecule has 0 aliphatic carbocycles. The van der Waals surface area contributed by atoms with Crippen LogP contribution < -0.4 is 14.8 Å². The highest BCUT2D eigenvalue weighted by molar-refractivity contribution is 7.89. The molecular formula is C18H19ClN4O5S. The molecule has 0 atom stereocenters. The number of carbonyl (C=O) groups is 1. The second kappa shape index (κ2) is 8.05. The SMILES string of the molecule is O=C(Nc1cc2c(cc1Cl)OCCO2)N1CCN(S(=O)(=O)c2cccnc2)CC1. The standard InChI is InChI=1S/C18H19ClN4O5S/c19-14-10-16-17(28-9-8-27-16)11-15(14)21-18(24)22-4-6-23(7-5-22)29(25,26)13-2-1-3-20-12-13/h1-3,10-12H,4-9H2,(H,21,24). The molecule has 1 saturated heterocycles. The monoisotopic (exact) mass is 438 g/mol. The molecule has 0 unspecified atom stereocenters. The summed E-state index contributed by atoms with van der Waals surface area (Å²) in [5.74, 6) is 1.05. The first-order valence-corrected chi connectivity index (χ1v) is 10.8. The molecule has 154 valence electrons. The predicted molar refractivity (Wildman–Crippen MR) is 106 cm³/mol. The molecule has 2 amide bonds. The van der Waals surface area contributed by atoms with Gasteiger partial charge in [0.05, 0.1) is 10.7 Å². The van der Waals surface area contributed by atoms with Crippen molar-refractivity contribution in [3.05, 3.63) is 41.7 Å². The highest BCUT2D eigenvalue weighted by Gasteiger charge is 2.30. The zero-order valence-corrected chi connectivity index (χ0v) is 16.9. The molecule has 0 bridgehead atoms. The minimum Gasteiger partial charge on any atom is -0.486 e. The average molecular weight is 439 g/mol. The number of nitrogens with one attached hydrogen (secondary N) is 1. The van der Waals surface area contributed by atoms with Gasteiger partial charge < -0.3 is 19.7 Å². The van der Waals surface area contributed by atoms with Crippen LogP contribution in [0.2, 0.25) is 5.02 Å². The smallest absolute Gasteiger partial charge is 0.321 e. The van der Waals surface area contributed by atoms with Gasteiger partial charge in [-0.15, -0.1) is 0 Å². The number of pyridine rings is 1. The van der Waals surface area contributed by atoms with Gasteiger partial charge in [-0.05, 0) is 12.1 Å². The van der Waals surface area contributed by atoms with Crippen LogP contribution in [-0.2, 0) is 10.0 Å². The first-order chi connectivity index (χ1) is 13.9. The quantitative estimate of drug-likeness (QED) is 0.787. The van der Waals surface area contributed by atoms with E-state index in [9.17, 15) is 13.2 Å². The summed E-state index contributed by atoms with van der Waals surface area (Å²) in [6.45, 7) is 1.77. The minimum absolute atomic E-state index is 0.140. The maximum Gasteiger partial charge on any atom is 0.321 e. The number of rotatable bonds is 3. The van der Waals surface area contributed by atoms with Gasteiger partial charge in [0, 0.05) is 50.7 Å². The number of halogens is 1. The van der Waals surface area contributed by atoms with Crippen molar-refractivity contribution in [2.45, 2.75) is 4.90 Å². The van der Waals surface area contributed by atoms with E-state index in [1.54, 1.807) is 23.1 Å². The van der Waals surface area contributed by atoms with Crippen molar-refractivity contribution in [2.24, 2.45) is 0 Å². The Bertz CT molecular complexity index is 1010. The van der Waals surface area contributed by atoms with Crippen molar-refractivity contribution >= 4 is 33.3 Å². The molecule has 2 aliphatic heterocycles. The Kier molecular flexibility index (Phi) is 5.48. The van der Waals surface area contributed by atoms with Gasteiger partial charge in [0.25, 0.3) is 0 Å². The molecule has 1 fully saturated rings. The van der Waals surface area contributed by atoms with Crippen molar-refractivity contribution in [3.8, 4) is 11.5 Å². The number of aromatic nitrogens is 1. The van der Waals surface area contributed by atoms with Crippen molar-refractivity contribution in [3.63, 3.8) is 0 Å². The summed E-state index contributed by atoms with van der Waals surface area (Å²) in [6, 6.07) is 5.95. The minimum atomic E-state index is -3.63. The Morgan fingerprint density at radius 3 is 2.45 bits per heavy atom. The summed E-state index contributed by atoms with van der Waals surface area (Å²) in [7, 11) is -3.63. The number of sulfonamides is 1. The molecule has 0 spiro atoms. The van der Waals surface area contributed by atoms with Crippen molar-refractivity contribution in [2.75, 3.05) is 44.7 Å². The molecule has 1 aromatic carbocycles. The lowest BCUT2D eigenvalue weighted by molar-refractivity contribution is 0.171. The number of amides is 2. The van der Waals surface area contributed by atoms with Crippen LogP contribution in [0.3, 0.4) is 0 Å². The zero-order valence-electron chi connectivity index (χ0n) is 15.4. The molecular weight excluding hydrogens is 420 g/mol. The van der Waals surface area contributed by atoms with Gasteiger partial charge in [-0.2, -0.15) is 4.31 Å². The molecule has 0 saturated carbocycles. The molecule has 1 aromatic heterocycles. The van der Waals surface area contributed by atoms with E-state index >= 15 is 0 Å². The number of carbonyl (C=O) groups excluding carboxylic acids is 1. The largest absolute Gasteiger partial charge is 0.486 e. The maximum absolute atomic E-state index is 12.7. The van der Waals surface area contributed by atoms with Crippen LogP contribution >= 0.6 is 11.6 Å². The van der Waals surface area contributed by atoms with Gasteiger partial charge >= 0.3 is 6.03 Å². The Labute approximate surface area is 173 Å². The summed E-state index contributed by atoms with van der Waals surface area (Å²) < 4.78 is 37.6. The topological polar surface area (TPSA) is 101 Å². The van der Waals surface area contributed by atoms with E-state index in [4.69, 9.17) is 21.1 Å². The van der Waals surface area contributed by atoms with Crippen molar-refractivity contribution in [1.29, 1.82) is 0 Å². The Morgan fingerprint density at radius 1 is 1.10 bits per heavy atom. The van der Waals surface area contributed by atoms with E-state index in [2.05, 4.69) is 10.3 Å². The molecule has 3 heterocycles.